The molecule has 1 aliphatic rings. The van der Waals surface area contributed by atoms with Gasteiger partial charge in [0.15, 0.2) is 0 Å². The van der Waals surface area contributed by atoms with Crippen LogP contribution < -0.4 is 5.32 Å². The zero-order valence-corrected chi connectivity index (χ0v) is 10.6. The summed E-state index contributed by atoms with van der Waals surface area (Å²) in [6.07, 6.45) is 5.11. The number of benzene rings is 1. The summed E-state index contributed by atoms with van der Waals surface area (Å²) in [4.78, 5) is 8.69. The van der Waals surface area contributed by atoms with Gasteiger partial charge in [0, 0.05) is 23.7 Å². The highest BCUT2D eigenvalue weighted by atomic mass is 16.3. The largest absolute Gasteiger partial charge is 0.508 e. The third-order valence-electron chi connectivity index (χ3n) is 3.60. The number of nitrogens with zero attached hydrogens (tertiary/aromatic N) is 2. The minimum absolute atomic E-state index is 0.160. The summed E-state index contributed by atoms with van der Waals surface area (Å²) in [5.74, 6) is 0.789. The molecule has 3 N–H and O–H groups in total. The van der Waals surface area contributed by atoms with Crippen LogP contribution in [0.15, 0.2) is 24.4 Å². The molecule has 0 radical (unpaired) electrons. The Balaban J connectivity index is 1.77. The molecule has 0 unspecified atom stereocenters. The molecule has 5 heteroatoms. The lowest BCUT2D eigenvalue weighted by atomic mass is 9.93. The number of hydrogen-bond acceptors (Lipinski definition) is 5. The van der Waals surface area contributed by atoms with Gasteiger partial charge >= 0.3 is 0 Å². The van der Waals surface area contributed by atoms with Crippen molar-refractivity contribution in [3.63, 3.8) is 0 Å². The molecule has 1 aromatic carbocycles. The SMILES string of the molecule is Oc1ccc2cnc(N[C@H]3CC[C@H](O)CC3)nc2c1. The first-order valence-electron chi connectivity index (χ1n) is 6.61. The van der Waals surface area contributed by atoms with Crippen molar-refractivity contribution >= 4 is 16.9 Å². The minimum atomic E-state index is -0.160. The first-order valence-corrected chi connectivity index (χ1v) is 6.61. The van der Waals surface area contributed by atoms with E-state index < -0.39 is 0 Å². The quantitative estimate of drug-likeness (QED) is 0.769. The predicted molar refractivity (Wildman–Crippen MR) is 73.1 cm³/mol. The first kappa shape index (κ1) is 12.2. The van der Waals surface area contributed by atoms with Crippen LogP contribution in [0.1, 0.15) is 25.7 Å². The van der Waals surface area contributed by atoms with Crippen LogP contribution in [0.2, 0.25) is 0 Å². The van der Waals surface area contributed by atoms with Crippen LogP contribution in [0.25, 0.3) is 10.9 Å². The summed E-state index contributed by atoms with van der Waals surface area (Å²) in [6.45, 7) is 0. The third kappa shape index (κ3) is 2.76. The van der Waals surface area contributed by atoms with Crippen molar-refractivity contribution in [2.45, 2.75) is 37.8 Å². The van der Waals surface area contributed by atoms with E-state index in [1.54, 1.807) is 24.4 Å². The van der Waals surface area contributed by atoms with E-state index in [0.717, 1.165) is 36.6 Å². The molecule has 19 heavy (non-hydrogen) atoms. The topological polar surface area (TPSA) is 78.3 Å². The fourth-order valence-electron chi connectivity index (χ4n) is 2.48. The Morgan fingerprint density at radius 1 is 1.16 bits per heavy atom. The Kier molecular flexibility index (Phi) is 3.21. The Morgan fingerprint density at radius 3 is 2.74 bits per heavy atom. The van der Waals surface area contributed by atoms with Gasteiger partial charge in [-0.1, -0.05) is 0 Å². The second kappa shape index (κ2) is 5.01. The molecular formula is C14H17N3O2. The van der Waals surface area contributed by atoms with Gasteiger partial charge in [-0.25, -0.2) is 9.97 Å². The summed E-state index contributed by atoms with van der Waals surface area (Å²) in [6, 6.07) is 5.37. The Bertz CT molecular complexity index is 580. The van der Waals surface area contributed by atoms with Crippen LogP contribution in [0.4, 0.5) is 5.95 Å². The Labute approximate surface area is 111 Å². The van der Waals surface area contributed by atoms with Gasteiger partial charge in [0.25, 0.3) is 0 Å². The van der Waals surface area contributed by atoms with Crippen LogP contribution in [0.5, 0.6) is 5.75 Å². The van der Waals surface area contributed by atoms with Crippen molar-refractivity contribution in [2.75, 3.05) is 5.32 Å². The number of nitrogens with one attached hydrogen (secondary N) is 1. The number of phenolic OH excluding ortho intramolecular Hbond substituents is 1. The number of fused-ring (bicyclic) bond motifs is 1. The van der Waals surface area contributed by atoms with Crippen molar-refractivity contribution in [3.8, 4) is 5.75 Å². The number of phenols is 1. The maximum Gasteiger partial charge on any atom is 0.223 e. The van der Waals surface area contributed by atoms with Gasteiger partial charge in [-0.05, 0) is 37.8 Å². The Hall–Kier alpha value is -1.88. The van der Waals surface area contributed by atoms with Crippen molar-refractivity contribution in [1.82, 2.24) is 9.97 Å². The lowest BCUT2D eigenvalue weighted by Gasteiger charge is -2.26. The molecule has 0 bridgehead atoms. The third-order valence-corrected chi connectivity index (χ3v) is 3.60. The van der Waals surface area contributed by atoms with Gasteiger partial charge in [-0.2, -0.15) is 0 Å². The number of anilines is 1. The molecule has 2 aromatic rings. The summed E-state index contributed by atoms with van der Waals surface area (Å²) >= 11 is 0. The van der Waals surface area contributed by atoms with E-state index in [1.165, 1.54) is 0 Å². The van der Waals surface area contributed by atoms with Crippen LogP contribution in [-0.4, -0.2) is 32.3 Å². The van der Waals surface area contributed by atoms with Gasteiger partial charge < -0.3 is 15.5 Å². The first-order chi connectivity index (χ1) is 9.20. The van der Waals surface area contributed by atoms with Crippen LogP contribution in [-0.2, 0) is 0 Å². The van der Waals surface area contributed by atoms with E-state index in [-0.39, 0.29) is 11.9 Å². The molecule has 1 aliphatic carbocycles. The van der Waals surface area contributed by atoms with Gasteiger partial charge in [-0.15, -0.1) is 0 Å². The van der Waals surface area contributed by atoms with Crippen molar-refractivity contribution in [1.29, 1.82) is 0 Å². The second-order valence-electron chi connectivity index (χ2n) is 5.09. The average molecular weight is 259 g/mol. The number of aromatic hydroxyl groups is 1. The maximum absolute atomic E-state index is 9.48. The lowest BCUT2D eigenvalue weighted by Crippen LogP contribution is -2.28. The number of aliphatic hydroxyl groups excluding tert-OH is 1. The molecule has 0 spiro atoms. The van der Waals surface area contributed by atoms with Crippen molar-refractivity contribution < 1.29 is 10.2 Å². The van der Waals surface area contributed by atoms with Gasteiger partial charge in [-0.3, -0.25) is 0 Å². The number of hydrogen-bond donors (Lipinski definition) is 3. The molecule has 3 rings (SSSR count). The van der Waals surface area contributed by atoms with E-state index in [9.17, 15) is 10.2 Å². The fourth-order valence-corrected chi connectivity index (χ4v) is 2.48. The van der Waals surface area contributed by atoms with E-state index in [1.807, 2.05) is 0 Å². The van der Waals surface area contributed by atoms with Crippen LogP contribution in [0, 0.1) is 0 Å². The minimum Gasteiger partial charge on any atom is -0.508 e. The monoisotopic (exact) mass is 259 g/mol. The number of aliphatic hydroxyl groups is 1. The molecule has 0 aliphatic heterocycles. The van der Waals surface area contributed by atoms with Crippen LogP contribution >= 0.6 is 0 Å². The standard InChI is InChI=1S/C14H17N3O2/c18-11-5-2-10(3-6-11)16-14-15-8-9-1-4-12(19)7-13(9)17-14/h1,4,7-8,10-11,18-19H,2-3,5-6H2,(H,15,16,17)/t10-,11-. The molecule has 5 nitrogen and oxygen atoms in total. The van der Waals surface area contributed by atoms with E-state index in [0.29, 0.717) is 12.0 Å². The van der Waals surface area contributed by atoms with Gasteiger partial charge in [0.2, 0.25) is 5.95 Å². The van der Waals surface area contributed by atoms with Crippen molar-refractivity contribution in [3.05, 3.63) is 24.4 Å². The fraction of sp³-hybridized carbons (Fsp3) is 0.429. The van der Waals surface area contributed by atoms with Gasteiger partial charge in [0.1, 0.15) is 5.75 Å². The molecule has 1 heterocycles. The number of rotatable bonds is 2. The van der Waals surface area contributed by atoms with Crippen LogP contribution in [0.3, 0.4) is 0 Å². The summed E-state index contributed by atoms with van der Waals surface area (Å²) in [7, 11) is 0. The molecule has 0 atom stereocenters. The van der Waals surface area contributed by atoms with Crippen molar-refractivity contribution in [2.24, 2.45) is 0 Å². The zero-order chi connectivity index (χ0) is 13.2. The second-order valence-corrected chi connectivity index (χ2v) is 5.09. The Morgan fingerprint density at radius 2 is 1.95 bits per heavy atom. The normalized spacial score (nSPS) is 23.4. The molecule has 0 amide bonds. The lowest BCUT2D eigenvalue weighted by molar-refractivity contribution is 0.126. The highest BCUT2D eigenvalue weighted by Gasteiger charge is 2.19. The molecule has 1 fully saturated rings. The highest BCUT2D eigenvalue weighted by Crippen LogP contribution is 2.22. The summed E-state index contributed by atoms with van der Waals surface area (Å²) < 4.78 is 0. The molecule has 100 valence electrons. The smallest absolute Gasteiger partial charge is 0.223 e. The zero-order valence-electron chi connectivity index (χ0n) is 10.6. The average Bonchev–Trinajstić information content (AvgIpc) is 2.41. The molecule has 1 saturated carbocycles. The van der Waals surface area contributed by atoms with E-state index >= 15 is 0 Å². The van der Waals surface area contributed by atoms with E-state index in [4.69, 9.17) is 0 Å². The maximum atomic E-state index is 9.48. The molecular weight excluding hydrogens is 242 g/mol. The molecule has 1 aromatic heterocycles. The van der Waals surface area contributed by atoms with Gasteiger partial charge in [0.05, 0.1) is 11.6 Å². The predicted octanol–water partition coefficient (Wildman–Crippen LogP) is 2.05. The summed E-state index contributed by atoms with van der Waals surface area (Å²) in [5.41, 5.74) is 0.730. The molecule has 0 saturated heterocycles. The van der Waals surface area contributed by atoms with E-state index in [2.05, 4.69) is 15.3 Å². The summed E-state index contributed by atoms with van der Waals surface area (Å²) in [5, 5.41) is 23.1. The number of aromatic nitrogens is 2. The highest BCUT2D eigenvalue weighted by molar-refractivity contribution is 5.80.